The van der Waals surface area contributed by atoms with Gasteiger partial charge in [-0.15, -0.1) is 0 Å². The second-order valence-corrected chi connectivity index (χ2v) is 13.5. The first-order valence-corrected chi connectivity index (χ1v) is 14.1. The van der Waals surface area contributed by atoms with E-state index in [1.807, 2.05) is 30.1 Å². The molecule has 3 atom stereocenters. The quantitative estimate of drug-likeness (QED) is 0.702. The van der Waals surface area contributed by atoms with Crippen LogP contribution in [0, 0.1) is 13.8 Å². The lowest BCUT2D eigenvalue weighted by atomic mass is 9.94. The third-order valence-electron chi connectivity index (χ3n) is 6.98. The van der Waals surface area contributed by atoms with Gasteiger partial charge in [-0.25, -0.2) is 13.4 Å². The van der Waals surface area contributed by atoms with Crippen molar-refractivity contribution >= 4 is 32.5 Å². The molecule has 3 aliphatic rings. The SMILES string of the molecule is CC1=Nc2c(c(=O)[nH]n2[C@@H]2CCOC(C)(C)C2)[C@@H](c2c(C)nn([C@@H]3CCS(=O)(=O)C3)c2C)S1. The minimum absolute atomic E-state index is 0.110. The van der Waals surface area contributed by atoms with Crippen molar-refractivity contribution < 1.29 is 13.2 Å². The largest absolute Gasteiger partial charge is 0.375 e. The Morgan fingerprint density at radius 2 is 1.91 bits per heavy atom. The molecule has 1 N–H and O–H groups in total. The zero-order chi connectivity index (χ0) is 23.7. The van der Waals surface area contributed by atoms with Gasteiger partial charge < -0.3 is 4.74 Å². The van der Waals surface area contributed by atoms with Crippen LogP contribution in [-0.2, 0) is 14.6 Å². The van der Waals surface area contributed by atoms with E-state index in [0.717, 1.165) is 34.8 Å². The molecule has 0 aliphatic carbocycles. The average Bonchev–Trinajstić information content (AvgIpc) is 3.33. The number of rotatable bonds is 3. The van der Waals surface area contributed by atoms with Crippen LogP contribution in [0.2, 0.25) is 0 Å². The molecule has 5 rings (SSSR count). The lowest BCUT2D eigenvalue weighted by Gasteiger charge is -2.36. The van der Waals surface area contributed by atoms with Gasteiger partial charge in [-0.05, 0) is 53.9 Å². The highest BCUT2D eigenvalue weighted by molar-refractivity contribution is 8.14. The molecule has 2 saturated heterocycles. The zero-order valence-electron chi connectivity index (χ0n) is 19.7. The van der Waals surface area contributed by atoms with E-state index in [-0.39, 0.29) is 40.0 Å². The summed E-state index contributed by atoms with van der Waals surface area (Å²) in [7, 11) is -3.03. The number of aryl methyl sites for hydroxylation is 1. The summed E-state index contributed by atoms with van der Waals surface area (Å²) in [4.78, 5) is 18.0. The molecular formula is C22H31N5O4S2. The summed E-state index contributed by atoms with van der Waals surface area (Å²) in [6, 6.07) is -0.0447. The van der Waals surface area contributed by atoms with Gasteiger partial charge in [0.2, 0.25) is 0 Å². The van der Waals surface area contributed by atoms with Gasteiger partial charge in [-0.3, -0.25) is 19.3 Å². The number of ether oxygens (including phenoxy) is 1. The average molecular weight is 494 g/mol. The van der Waals surface area contributed by atoms with Crippen molar-refractivity contribution in [3.63, 3.8) is 0 Å². The molecule has 180 valence electrons. The highest BCUT2D eigenvalue weighted by Crippen LogP contribution is 2.47. The summed E-state index contributed by atoms with van der Waals surface area (Å²) in [5, 5.41) is 8.47. The molecule has 0 spiro atoms. The summed E-state index contributed by atoms with van der Waals surface area (Å²) in [6.07, 6.45) is 2.19. The molecule has 0 radical (unpaired) electrons. The fourth-order valence-corrected chi connectivity index (χ4v) is 8.44. The van der Waals surface area contributed by atoms with Crippen molar-refractivity contribution in [3.8, 4) is 0 Å². The topological polar surface area (TPSA) is 111 Å². The Morgan fingerprint density at radius 3 is 2.58 bits per heavy atom. The number of sulfone groups is 1. The lowest BCUT2D eigenvalue weighted by molar-refractivity contribution is -0.0705. The predicted molar refractivity (Wildman–Crippen MR) is 130 cm³/mol. The smallest absolute Gasteiger partial charge is 0.271 e. The van der Waals surface area contributed by atoms with E-state index < -0.39 is 9.84 Å². The Hall–Kier alpha value is -1.85. The highest BCUT2D eigenvalue weighted by Gasteiger charge is 2.39. The number of hydrogen-bond acceptors (Lipinski definition) is 7. The summed E-state index contributed by atoms with van der Waals surface area (Å²) >= 11 is 1.56. The highest BCUT2D eigenvalue weighted by atomic mass is 32.2. The fourth-order valence-electron chi connectivity index (χ4n) is 5.48. The van der Waals surface area contributed by atoms with Crippen molar-refractivity contribution in [3.05, 3.63) is 32.9 Å². The van der Waals surface area contributed by atoms with Gasteiger partial charge in [0.25, 0.3) is 5.56 Å². The minimum atomic E-state index is -3.03. The number of H-pyrrole nitrogens is 1. The number of aromatic amines is 1. The van der Waals surface area contributed by atoms with Crippen LogP contribution >= 0.6 is 11.8 Å². The van der Waals surface area contributed by atoms with Crippen LogP contribution in [0.1, 0.15) is 79.9 Å². The molecule has 9 nitrogen and oxygen atoms in total. The van der Waals surface area contributed by atoms with E-state index in [1.54, 1.807) is 11.8 Å². The van der Waals surface area contributed by atoms with Crippen LogP contribution in [0.15, 0.2) is 9.79 Å². The van der Waals surface area contributed by atoms with Gasteiger partial charge in [-0.2, -0.15) is 5.10 Å². The molecule has 2 aromatic rings. The van der Waals surface area contributed by atoms with E-state index in [0.29, 0.717) is 24.4 Å². The van der Waals surface area contributed by atoms with Crippen LogP contribution in [0.4, 0.5) is 5.82 Å². The third-order valence-corrected chi connectivity index (χ3v) is 9.87. The molecule has 2 aromatic heterocycles. The molecule has 0 saturated carbocycles. The fraction of sp³-hybridized carbons (Fsp3) is 0.682. The lowest BCUT2D eigenvalue weighted by Crippen LogP contribution is -2.35. The summed E-state index contributed by atoms with van der Waals surface area (Å²) in [6.45, 7) is 10.7. The minimum Gasteiger partial charge on any atom is -0.375 e. The molecule has 11 heteroatoms. The molecule has 0 amide bonds. The molecular weight excluding hydrogens is 462 g/mol. The molecule has 33 heavy (non-hydrogen) atoms. The Morgan fingerprint density at radius 1 is 1.15 bits per heavy atom. The first-order valence-electron chi connectivity index (χ1n) is 11.4. The van der Waals surface area contributed by atoms with Crippen molar-refractivity contribution in [2.24, 2.45) is 4.99 Å². The van der Waals surface area contributed by atoms with Crippen LogP contribution in [-0.4, -0.2) is 56.7 Å². The van der Waals surface area contributed by atoms with Crippen molar-refractivity contribution in [2.75, 3.05) is 18.1 Å². The molecule has 0 aromatic carbocycles. The zero-order valence-corrected chi connectivity index (χ0v) is 21.3. The first kappa shape index (κ1) is 22.9. The van der Waals surface area contributed by atoms with Crippen molar-refractivity contribution in [1.82, 2.24) is 19.6 Å². The van der Waals surface area contributed by atoms with Gasteiger partial charge in [0, 0.05) is 17.9 Å². The van der Waals surface area contributed by atoms with Crippen LogP contribution in [0.5, 0.6) is 0 Å². The summed E-state index contributed by atoms with van der Waals surface area (Å²) in [5.41, 5.74) is 3.00. The van der Waals surface area contributed by atoms with E-state index in [2.05, 4.69) is 18.9 Å². The number of nitrogens with one attached hydrogen (secondary N) is 1. The predicted octanol–water partition coefficient (Wildman–Crippen LogP) is 3.37. The first-order chi connectivity index (χ1) is 15.5. The Balaban J connectivity index is 1.58. The molecule has 5 heterocycles. The number of fused-ring (bicyclic) bond motifs is 1. The van der Waals surface area contributed by atoms with Gasteiger partial charge in [0.15, 0.2) is 15.7 Å². The Bertz CT molecular complexity index is 1300. The van der Waals surface area contributed by atoms with Crippen LogP contribution in [0.3, 0.4) is 0 Å². The Kier molecular flexibility index (Phi) is 5.45. The molecule has 0 bridgehead atoms. The maximum Gasteiger partial charge on any atom is 0.271 e. The monoisotopic (exact) mass is 493 g/mol. The third kappa shape index (κ3) is 4.01. The van der Waals surface area contributed by atoms with Crippen LogP contribution in [0.25, 0.3) is 0 Å². The summed E-state index contributed by atoms with van der Waals surface area (Å²) < 4.78 is 33.8. The number of aromatic nitrogens is 4. The van der Waals surface area contributed by atoms with Gasteiger partial charge in [0.05, 0.1) is 50.7 Å². The van der Waals surface area contributed by atoms with Gasteiger partial charge >= 0.3 is 0 Å². The van der Waals surface area contributed by atoms with E-state index in [1.165, 1.54) is 0 Å². The van der Waals surface area contributed by atoms with E-state index >= 15 is 0 Å². The van der Waals surface area contributed by atoms with E-state index in [4.69, 9.17) is 14.8 Å². The normalized spacial score (nSPS) is 28.5. The Labute approximate surface area is 197 Å². The maximum absolute atomic E-state index is 13.3. The number of nitrogens with zero attached hydrogens (tertiary/aromatic N) is 4. The molecule has 0 unspecified atom stereocenters. The van der Waals surface area contributed by atoms with Crippen LogP contribution < -0.4 is 5.56 Å². The van der Waals surface area contributed by atoms with Gasteiger partial charge in [0.1, 0.15) is 0 Å². The van der Waals surface area contributed by atoms with E-state index in [9.17, 15) is 13.2 Å². The number of hydrogen-bond donors (Lipinski definition) is 1. The van der Waals surface area contributed by atoms with Gasteiger partial charge in [-0.1, -0.05) is 11.8 Å². The maximum atomic E-state index is 13.3. The summed E-state index contributed by atoms with van der Waals surface area (Å²) in [5.74, 6) is 1.01. The standard InChI is InChI=1S/C22H31N5O4S2/c1-12-17(13(2)26(24-12)16-7-9-33(29,30)11-16)19-18-20(23-14(3)32-19)27(25-21(18)28)15-6-8-31-22(4,5)10-15/h15-16,19H,6-11H2,1-5H3,(H,25,28)/t15-,16-,19-/m1/s1. The molecule has 3 aliphatic heterocycles. The van der Waals surface area contributed by atoms with Crippen molar-refractivity contribution in [2.45, 2.75) is 76.8 Å². The number of thioether (sulfide) groups is 1. The van der Waals surface area contributed by atoms with Crippen molar-refractivity contribution in [1.29, 1.82) is 0 Å². The number of aliphatic imine (C=N–C) groups is 1. The second-order valence-electron chi connectivity index (χ2n) is 10.0. The molecule has 2 fully saturated rings. The second kappa shape index (κ2) is 7.84.